The standard InChI is InChI=1S/C27H35FN2O2S/c1-3-25(27(32)29-24-11-5-4-6-12-24)30(17-22-10-8-7-9-20(22)2)26(31)19-33-18-21-13-15-23(28)16-14-21/h7-10,13-16,24-25H,3-6,11-12,17-19H2,1-2H3,(H,29,32)/t25-/m0/s1. The van der Waals surface area contributed by atoms with Gasteiger partial charge in [-0.2, -0.15) is 0 Å². The van der Waals surface area contributed by atoms with Crippen LogP contribution in [0.15, 0.2) is 48.5 Å². The van der Waals surface area contributed by atoms with E-state index in [0.29, 0.717) is 18.7 Å². The van der Waals surface area contributed by atoms with Crippen molar-refractivity contribution in [3.05, 3.63) is 71.0 Å². The number of benzene rings is 2. The fourth-order valence-electron chi connectivity index (χ4n) is 4.35. The molecular formula is C27H35FN2O2S. The molecule has 0 aliphatic heterocycles. The van der Waals surface area contributed by atoms with Gasteiger partial charge in [0.1, 0.15) is 11.9 Å². The highest BCUT2D eigenvalue weighted by atomic mass is 32.2. The second-order valence-corrected chi connectivity index (χ2v) is 9.82. The molecule has 4 nitrogen and oxygen atoms in total. The Morgan fingerprint density at radius 2 is 1.79 bits per heavy atom. The normalized spacial score (nSPS) is 15.1. The first-order valence-corrected chi connectivity index (χ1v) is 13.1. The first-order chi connectivity index (χ1) is 16.0. The van der Waals surface area contributed by atoms with E-state index in [1.165, 1.54) is 30.3 Å². The Labute approximate surface area is 201 Å². The highest BCUT2D eigenvalue weighted by molar-refractivity contribution is 7.99. The number of carbonyl (C=O) groups is 2. The van der Waals surface area contributed by atoms with Crippen LogP contribution >= 0.6 is 11.8 Å². The lowest BCUT2D eigenvalue weighted by Crippen LogP contribution is -2.52. The van der Waals surface area contributed by atoms with E-state index in [9.17, 15) is 14.0 Å². The third-order valence-electron chi connectivity index (χ3n) is 6.35. The topological polar surface area (TPSA) is 49.4 Å². The monoisotopic (exact) mass is 470 g/mol. The number of carbonyl (C=O) groups excluding carboxylic acids is 2. The van der Waals surface area contributed by atoms with Gasteiger partial charge >= 0.3 is 0 Å². The number of aryl methyl sites for hydroxylation is 1. The Morgan fingerprint density at radius 3 is 2.45 bits per heavy atom. The van der Waals surface area contributed by atoms with Gasteiger partial charge < -0.3 is 10.2 Å². The smallest absolute Gasteiger partial charge is 0.243 e. The first-order valence-electron chi connectivity index (χ1n) is 11.9. The largest absolute Gasteiger partial charge is 0.352 e. The van der Waals surface area contributed by atoms with Crippen molar-refractivity contribution in [2.45, 2.75) is 76.8 Å². The van der Waals surface area contributed by atoms with Crippen LogP contribution in [0.1, 0.15) is 62.1 Å². The average molecular weight is 471 g/mol. The van der Waals surface area contributed by atoms with E-state index in [1.807, 2.05) is 38.1 Å². The molecule has 1 aliphatic rings. The third kappa shape index (κ3) is 7.60. The van der Waals surface area contributed by atoms with Crippen LogP contribution in [0, 0.1) is 12.7 Å². The summed E-state index contributed by atoms with van der Waals surface area (Å²) in [5.74, 6) is 0.538. The molecule has 2 amide bonds. The molecule has 1 atom stereocenters. The van der Waals surface area contributed by atoms with Crippen molar-refractivity contribution in [3.8, 4) is 0 Å². The molecule has 0 aromatic heterocycles. The number of rotatable bonds is 10. The van der Waals surface area contributed by atoms with Crippen molar-refractivity contribution in [2.75, 3.05) is 5.75 Å². The van der Waals surface area contributed by atoms with Gasteiger partial charge in [0, 0.05) is 18.3 Å². The molecule has 1 saturated carbocycles. The van der Waals surface area contributed by atoms with Crippen molar-refractivity contribution >= 4 is 23.6 Å². The van der Waals surface area contributed by atoms with Gasteiger partial charge in [-0.1, -0.05) is 62.6 Å². The van der Waals surface area contributed by atoms with Crippen molar-refractivity contribution in [3.63, 3.8) is 0 Å². The van der Waals surface area contributed by atoms with E-state index in [1.54, 1.807) is 17.0 Å². The zero-order chi connectivity index (χ0) is 23.6. The van der Waals surface area contributed by atoms with Crippen LogP contribution in [0.4, 0.5) is 4.39 Å². The van der Waals surface area contributed by atoms with Gasteiger partial charge in [-0.15, -0.1) is 11.8 Å². The Kier molecular flexibility index (Phi) is 9.79. The zero-order valence-corrected chi connectivity index (χ0v) is 20.5. The van der Waals surface area contributed by atoms with Crippen molar-refractivity contribution in [1.29, 1.82) is 0 Å². The van der Waals surface area contributed by atoms with Crippen molar-refractivity contribution < 1.29 is 14.0 Å². The molecule has 2 aromatic carbocycles. The fourth-order valence-corrected chi connectivity index (χ4v) is 5.23. The molecule has 1 fully saturated rings. The molecule has 0 unspecified atom stereocenters. The number of halogens is 1. The Morgan fingerprint density at radius 1 is 1.09 bits per heavy atom. The maximum atomic E-state index is 13.4. The number of hydrogen-bond acceptors (Lipinski definition) is 3. The van der Waals surface area contributed by atoms with E-state index in [4.69, 9.17) is 0 Å². The molecule has 0 bridgehead atoms. The lowest BCUT2D eigenvalue weighted by molar-refractivity contribution is -0.139. The molecule has 1 aliphatic carbocycles. The summed E-state index contributed by atoms with van der Waals surface area (Å²) < 4.78 is 13.1. The summed E-state index contributed by atoms with van der Waals surface area (Å²) in [6, 6.07) is 14.1. The van der Waals surface area contributed by atoms with Crippen LogP contribution in [0.25, 0.3) is 0 Å². The minimum Gasteiger partial charge on any atom is -0.352 e. The molecule has 0 saturated heterocycles. The third-order valence-corrected chi connectivity index (χ3v) is 7.34. The molecular weight excluding hydrogens is 435 g/mol. The maximum Gasteiger partial charge on any atom is 0.243 e. The fraction of sp³-hybridized carbons (Fsp3) is 0.481. The average Bonchev–Trinajstić information content (AvgIpc) is 2.82. The quantitative estimate of drug-likeness (QED) is 0.490. The van der Waals surface area contributed by atoms with Crippen LogP contribution in [0.5, 0.6) is 0 Å². The first kappa shape index (κ1) is 25.3. The van der Waals surface area contributed by atoms with E-state index in [0.717, 1.165) is 42.4 Å². The van der Waals surface area contributed by atoms with Crippen molar-refractivity contribution in [1.82, 2.24) is 10.2 Å². The highest BCUT2D eigenvalue weighted by Crippen LogP contribution is 2.21. The van der Waals surface area contributed by atoms with Crippen molar-refractivity contribution in [2.24, 2.45) is 0 Å². The predicted molar refractivity (Wildman–Crippen MR) is 133 cm³/mol. The summed E-state index contributed by atoms with van der Waals surface area (Å²) in [7, 11) is 0. The molecule has 178 valence electrons. The van der Waals surface area contributed by atoms with E-state index >= 15 is 0 Å². The van der Waals surface area contributed by atoms with Crippen LogP contribution in [-0.4, -0.2) is 34.6 Å². The number of hydrogen-bond donors (Lipinski definition) is 1. The number of nitrogens with one attached hydrogen (secondary N) is 1. The number of thioether (sulfide) groups is 1. The molecule has 1 N–H and O–H groups in total. The van der Waals surface area contributed by atoms with Gasteiger partial charge in [0.05, 0.1) is 5.75 Å². The number of nitrogens with zero attached hydrogens (tertiary/aromatic N) is 1. The summed E-state index contributed by atoms with van der Waals surface area (Å²) in [6.07, 6.45) is 6.12. The van der Waals surface area contributed by atoms with Gasteiger partial charge in [0.2, 0.25) is 11.8 Å². The molecule has 0 heterocycles. The molecule has 0 radical (unpaired) electrons. The molecule has 33 heavy (non-hydrogen) atoms. The van der Waals surface area contributed by atoms with E-state index < -0.39 is 6.04 Å². The van der Waals surface area contributed by atoms with Crippen LogP contribution in [0.3, 0.4) is 0 Å². The zero-order valence-electron chi connectivity index (χ0n) is 19.7. The Hall–Kier alpha value is -2.34. The Bertz CT molecular complexity index is 913. The van der Waals surface area contributed by atoms with Gasteiger partial charge in [-0.3, -0.25) is 9.59 Å². The van der Waals surface area contributed by atoms with Gasteiger partial charge in [0.25, 0.3) is 0 Å². The number of amides is 2. The summed E-state index contributed by atoms with van der Waals surface area (Å²) in [4.78, 5) is 28.4. The van der Waals surface area contributed by atoms with Crippen LogP contribution < -0.4 is 5.32 Å². The second-order valence-electron chi connectivity index (χ2n) is 8.83. The summed E-state index contributed by atoms with van der Waals surface area (Å²) in [5.41, 5.74) is 3.14. The summed E-state index contributed by atoms with van der Waals surface area (Å²) in [6.45, 7) is 4.42. The Balaban J connectivity index is 1.70. The van der Waals surface area contributed by atoms with Gasteiger partial charge in [0.15, 0.2) is 0 Å². The SMILES string of the molecule is CC[C@@H](C(=O)NC1CCCCC1)N(Cc1ccccc1C)C(=O)CSCc1ccc(F)cc1. The van der Waals surface area contributed by atoms with E-state index in [2.05, 4.69) is 5.32 Å². The minimum absolute atomic E-state index is 0.0454. The predicted octanol–water partition coefficient (Wildman–Crippen LogP) is 5.62. The summed E-state index contributed by atoms with van der Waals surface area (Å²) in [5, 5.41) is 3.22. The summed E-state index contributed by atoms with van der Waals surface area (Å²) >= 11 is 1.49. The lowest BCUT2D eigenvalue weighted by atomic mass is 9.95. The van der Waals surface area contributed by atoms with Gasteiger partial charge in [-0.05, 0) is 55.0 Å². The minimum atomic E-state index is -0.495. The molecule has 6 heteroatoms. The highest BCUT2D eigenvalue weighted by Gasteiger charge is 2.30. The van der Waals surface area contributed by atoms with Gasteiger partial charge in [-0.25, -0.2) is 4.39 Å². The maximum absolute atomic E-state index is 13.4. The molecule has 0 spiro atoms. The molecule has 3 rings (SSSR count). The van der Waals surface area contributed by atoms with Crippen LogP contribution in [0.2, 0.25) is 0 Å². The second kappa shape index (κ2) is 12.8. The molecule has 2 aromatic rings. The lowest BCUT2D eigenvalue weighted by Gasteiger charge is -2.33. The van der Waals surface area contributed by atoms with Crippen LogP contribution in [-0.2, 0) is 21.9 Å². The van der Waals surface area contributed by atoms with E-state index in [-0.39, 0.29) is 29.4 Å².